The second-order valence-electron chi connectivity index (χ2n) is 6.09. The first kappa shape index (κ1) is 14.3. The Balaban J connectivity index is 1.66. The van der Waals surface area contributed by atoms with Gasteiger partial charge in [-0.25, -0.2) is 8.42 Å². The van der Waals surface area contributed by atoms with E-state index in [2.05, 4.69) is 24.1 Å². The van der Waals surface area contributed by atoms with Gasteiger partial charge in [0.1, 0.15) is 0 Å². The molecule has 0 aromatic carbocycles. The minimum absolute atomic E-state index is 0.185. The third-order valence-corrected chi connectivity index (χ3v) is 5.75. The van der Waals surface area contributed by atoms with Crippen molar-refractivity contribution in [3.8, 4) is 0 Å². The van der Waals surface area contributed by atoms with Crippen molar-refractivity contribution in [1.82, 2.24) is 10.2 Å². The molecule has 1 aliphatic carbocycles. The molecule has 1 saturated heterocycles. The van der Waals surface area contributed by atoms with Crippen LogP contribution in [0, 0.1) is 5.92 Å². The lowest BCUT2D eigenvalue weighted by molar-refractivity contribution is 0.211. The highest BCUT2D eigenvalue weighted by Gasteiger charge is 2.28. The van der Waals surface area contributed by atoms with E-state index in [4.69, 9.17) is 0 Å². The molecule has 1 saturated carbocycles. The lowest BCUT2D eigenvalue weighted by atomic mass is 10.2. The molecular formula is C13H26N2O2S. The molecular weight excluding hydrogens is 248 g/mol. The summed E-state index contributed by atoms with van der Waals surface area (Å²) in [5.74, 6) is 1.61. The Morgan fingerprint density at radius 3 is 2.50 bits per heavy atom. The van der Waals surface area contributed by atoms with Crippen molar-refractivity contribution in [2.75, 3.05) is 31.1 Å². The molecule has 0 aromatic heterocycles. The SMILES string of the molecule is CC(C)N(CCNC1CCS(=O)(=O)C1)CC1CC1. The first-order valence-corrected chi connectivity index (χ1v) is 8.96. The number of nitrogens with one attached hydrogen (secondary N) is 1. The highest BCUT2D eigenvalue weighted by molar-refractivity contribution is 7.91. The molecule has 0 spiro atoms. The molecule has 1 aliphatic heterocycles. The summed E-state index contributed by atoms with van der Waals surface area (Å²) in [6.45, 7) is 7.63. The number of rotatable bonds is 7. The predicted octanol–water partition coefficient (Wildman–Crippen LogP) is 0.884. The first-order chi connectivity index (χ1) is 8.46. The standard InChI is InChI=1S/C13H26N2O2S/c1-11(2)15(9-12-3-4-12)7-6-14-13-5-8-18(16,17)10-13/h11-14H,3-10H2,1-2H3. The van der Waals surface area contributed by atoms with Crippen LogP contribution >= 0.6 is 0 Å². The maximum Gasteiger partial charge on any atom is 0.151 e. The molecule has 1 unspecified atom stereocenters. The summed E-state index contributed by atoms with van der Waals surface area (Å²) in [7, 11) is -2.75. The second-order valence-corrected chi connectivity index (χ2v) is 8.31. The summed E-state index contributed by atoms with van der Waals surface area (Å²) in [5.41, 5.74) is 0. The summed E-state index contributed by atoms with van der Waals surface area (Å²) in [5, 5.41) is 3.40. The normalized spacial score (nSPS) is 27.2. The Hall–Kier alpha value is -0.130. The Kier molecular flexibility index (Phi) is 4.67. The van der Waals surface area contributed by atoms with Gasteiger partial charge in [-0.05, 0) is 39.0 Å². The topological polar surface area (TPSA) is 49.4 Å². The Morgan fingerprint density at radius 1 is 1.28 bits per heavy atom. The van der Waals surface area contributed by atoms with Crippen LogP contribution in [0.5, 0.6) is 0 Å². The second kappa shape index (κ2) is 5.88. The van der Waals surface area contributed by atoms with Gasteiger partial charge in [0.2, 0.25) is 0 Å². The third-order valence-electron chi connectivity index (χ3n) is 3.98. The predicted molar refractivity (Wildman–Crippen MR) is 74.5 cm³/mol. The molecule has 0 aromatic rings. The number of sulfone groups is 1. The summed E-state index contributed by atoms with van der Waals surface area (Å²) < 4.78 is 22.7. The van der Waals surface area contributed by atoms with E-state index in [0.717, 1.165) is 25.4 Å². The van der Waals surface area contributed by atoms with E-state index >= 15 is 0 Å². The van der Waals surface area contributed by atoms with Crippen LogP contribution in [0.2, 0.25) is 0 Å². The molecule has 0 amide bonds. The highest BCUT2D eigenvalue weighted by Crippen LogP contribution is 2.30. The van der Waals surface area contributed by atoms with Gasteiger partial charge in [0, 0.05) is 31.7 Å². The van der Waals surface area contributed by atoms with Crippen LogP contribution in [-0.4, -0.2) is 56.5 Å². The summed E-state index contributed by atoms with van der Waals surface area (Å²) in [6, 6.07) is 0.768. The minimum Gasteiger partial charge on any atom is -0.312 e. The van der Waals surface area contributed by atoms with Crippen molar-refractivity contribution in [3.63, 3.8) is 0 Å². The third kappa shape index (κ3) is 4.52. The number of nitrogens with zero attached hydrogens (tertiary/aromatic N) is 1. The van der Waals surface area contributed by atoms with E-state index in [1.807, 2.05) is 0 Å². The Bertz CT molecular complexity index is 363. The van der Waals surface area contributed by atoms with Gasteiger partial charge in [-0.15, -0.1) is 0 Å². The van der Waals surface area contributed by atoms with Crippen LogP contribution in [0.3, 0.4) is 0 Å². The van der Waals surface area contributed by atoms with Crippen LogP contribution in [0.15, 0.2) is 0 Å². The van der Waals surface area contributed by atoms with Crippen molar-refractivity contribution in [2.45, 2.75) is 45.2 Å². The van der Waals surface area contributed by atoms with Gasteiger partial charge in [-0.2, -0.15) is 0 Å². The summed E-state index contributed by atoms with van der Waals surface area (Å²) in [6.07, 6.45) is 3.56. The van der Waals surface area contributed by atoms with Gasteiger partial charge in [0.15, 0.2) is 9.84 Å². The van der Waals surface area contributed by atoms with Gasteiger partial charge in [0.05, 0.1) is 11.5 Å². The van der Waals surface area contributed by atoms with E-state index in [9.17, 15) is 8.42 Å². The molecule has 1 atom stereocenters. The minimum atomic E-state index is -2.75. The smallest absolute Gasteiger partial charge is 0.151 e. The van der Waals surface area contributed by atoms with Gasteiger partial charge < -0.3 is 5.32 Å². The van der Waals surface area contributed by atoms with E-state index in [0.29, 0.717) is 17.5 Å². The lowest BCUT2D eigenvalue weighted by Crippen LogP contribution is -2.41. The largest absolute Gasteiger partial charge is 0.312 e. The van der Waals surface area contributed by atoms with E-state index in [1.165, 1.54) is 19.4 Å². The lowest BCUT2D eigenvalue weighted by Gasteiger charge is -2.27. The molecule has 2 fully saturated rings. The molecule has 1 N–H and O–H groups in total. The summed E-state index contributed by atoms with van der Waals surface area (Å²) in [4.78, 5) is 2.51. The van der Waals surface area contributed by atoms with Crippen molar-refractivity contribution in [2.24, 2.45) is 5.92 Å². The van der Waals surface area contributed by atoms with Crippen LogP contribution < -0.4 is 5.32 Å². The zero-order valence-electron chi connectivity index (χ0n) is 11.6. The molecule has 106 valence electrons. The van der Waals surface area contributed by atoms with E-state index in [-0.39, 0.29) is 6.04 Å². The highest BCUT2D eigenvalue weighted by atomic mass is 32.2. The molecule has 2 aliphatic rings. The molecule has 0 radical (unpaired) electrons. The van der Waals surface area contributed by atoms with Crippen LogP contribution in [-0.2, 0) is 9.84 Å². The molecule has 5 heteroatoms. The zero-order chi connectivity index (χ0) is 13.2. The fourth-order valence-electron chi connectivity index (χ4n) is 2.56. The maximum atomic E-state index is 11.3. The fourth-order valence-corrected chi connectivity index (χ4v) is 4.27. The van der Waals surface area contributed by atoms with Gasteiger partial charge in [-0.3, -0.25) is 4.90 Å². The Labute approximate surface area is 111 Å². The average Bonchev–Trinajstić information content (AvgIpc) is 3.01. The molecule has 2 rings (SSSR count). The van der Waals surface area contributed by atoms with Crippen LogP contribution in [0.4, 0.5) is 0 Å². The Morgan fingerprint density at radius 2 is 2.00 bits per heavy atom. The monoisotopic (exact) mass is 274 g/mol. The molecule has 18 heavy (non-hydrogen) atoms. The zero-order valence-corrected chi connectivity index (χ0v) is 12.4. The number of hydrogen-bond acceptors (Lipinski definition) is 4. The van der Waals surface area contributed by atoms with Crippen LogP contribution in [0.1, 0.15) is 33.1 Å². The molecule has 1 heterocycles. The number of hydrogen-bond donors (Lipinski definition) is 1. The van der Waals surface area contributed by atoms with Crippen molar-refractivity contribution in [1.29, 1.82) is 0 Å². The van der Waals surface area contributed by atoms with E-state index in [1.54, 1.807) is 0 Å². The van der Waals surface area contributed by atoms with Crippen molar-refractivity contribution in [3.05, 3.63) is 0 Å². The first-order valence-electron chi connectivity index (χ1n) is 7.14. The van der Waals surface area contributed by atoms with Gasteiger partial charge in [-0.1, -0.05) is 0 Å². The fraction of sp³-hybridized carbons (Fsp3) is 1.00. The van der Waals surface area contributed by atoms with E-state index < -0.39 is 9.84 Å². The quantitative estimate of drug-likeness (QED) is 0.749. The maximum absolute atomic E-state index is 11.3. The summed E-state index contributed by atoms with van der Waals surface area (Å²) >= 11 is 0. The molecule has 4 nitrogen and oxygen atoms in total. The van der Waals surface area contributed by atoms with Gasteiger partial charge in [0.25, 0.3) is 0 Å². The van der Waals surface area contributed by atoms with Crippen LogP contribution in [0.25, 0.3) is 0 Å². The average molecular weight is 274 g/mol. The van der Waals surface area contributed by atoms with Gasteiger partial charge >= 0.3 is 0 Å². The van der Waals surface area contributed by atoms with Crippen molar-refractivity contribution < 1.29 is 8.42 Å². The molecule has 0 bridgehead atoms. The van der Waals surface area contributed by atoms with Crippen molar-refractivity contribution >= 4 is 9.84 Å².